The Morgan fingerprint density at radius 1 is 1.53 bits per heavy atom. The number of nitrogens with zero attached hydrogens (tertiary/aromatic N) is 3. The number of aliphatic hydroxyl groups is 1. The largest absolute Gasteiger partial charge is 0.393 e. The normalized spacial score (nSPS) is 24.7. The minimum Gasteiger partial charge on any atom is -0.393 e. The molecule has 0 spiro atoms. The van der Waals surface area contributed by atoms with Crippen molar-refractivity contribution in [3.05, 3.63) is 17.8 Å². The summed E-state index contributed by atoms with van der Waals surface area (Å²) >= 11 is 0. The van der Waals surface area contributed by atoms with Gasteiger partial charge in [-0.3, -0.25) is 0 Å². The van der Waals surface area contributed by atoms with Gasteiger partial charge in [0.05, 0.1) is 12.3 Å². The van der Waals surface area contributed by atoms with E-state index < -0.39 is 0 Å². The first kappa shape index (κ1) is 10.4. The van der Waals surface area contributed by atoms with Crippen LogP contribution in [0.25, 0.3) is 0 Å². The molecule has 0 saturated heterocycles. The van der Waals surface area contributed by atoms with Crippen LogP contribution in [0, 0.1) is 12.8 Å². The van der Waals surface area contributed by atoms with Crippen LogP contribution >= 0.6 is 0 Å². The van der Waals surface area contributed by atoms with Crippen molar-refractivity contribution < 1.29 is 5.11 Å². The first-order chi connectivity index (χ1) is 7.15. The van der Waals surface area contributed by atoms with E-state index in [1.165, 1.54) is 0 Å². The van der Waals surface area contributed by atoms with Gasteiger partial charge in [-0.1, -0.05) is 0 Å². The van der Waals surface area contributed by atoms with Gasteiger partial charge in [0.1, 0.15) is 0 Å². The fourth-order valence-corrected chi connectivity index (χ4v) is 1.97. The lowest BCUT2D eigenvalue weighted by molar-refractivity contribution is 0.0464. The van der Waals surface area contributed by atoms with Crippen molar-refractivity contribution in [2.75, 3.05) is 18.5 Å². The third-order valence-corrected chi connectivity index (χ3v) is 2.91. The zero-order valence-corrected chi connectivity index (χ0v) is 9.22. The molecule has 4 nitrogen and oxygen atoms in total. The number of anilines is 1. The topological polar surface area (TPSA) is 49.2 Å². The molecule has 4 heteroatoms. The Balaban J connectivity index is 1.93. The van der Waals surface area contributed by atoms with Crippen molar-refractivity contribution in [2.24, 2.45) is 5.92 Å². The Morgan fingerprint density at radius 3 is 2.87 bits per heavy atom. The highest BCUT2D eigenvalue weighted by molar-refractivity contribution is 5.38. The monoisotopic (exact) mass is 207 g/mol. The van der Waals surface area contributed by atoms with Crippen LogP contribution in [-0.4, -0.2) is 35.0 Å². The van der Waals surface area contributed by atoms with Crippen LogP contribution in [0.5, 0.6) is 0 Å². The van der Waals surface area contributed by atoms with E-state index in [0.717, 1.165) is 30.8 Å². The molecule has 1 aliphatic carbocycles. The molecule has 15 heavy (non-hydrogen) atoms. The van der Waals surface area contributed by atoms with Crippen molar-refractivity contribution in [3.63, 3.8) is 0 Å². The molecular formula is C11H17N3O. The van der Waals surface area contributed by atoms with E-state index in [-0.39, 0.29) is 6.10 Å². The second-order valence-corrected chi connectivity index (χ2v) is 4.46. The Hall–Kier alpha value is -1.16. The van der Waals surface area contributed by atoms with Crippen LogP contribution in [0.3, 0.4) is 0 Å². The lowest BCUT2D eigenvalue weighted by atomic mass is 9.82. The molecule has 0 unspecified atom stereocenters. The molecular weight excluding hydrogens is 190 g/mol. The number of aryl methyl sites for hydroxylation is 1. The third-order valence-electron chi connectivity index (χ3n) is 2.91. The second kappa shape index (κ2) is 4.14. The molecule has 0 aromatic carbocycles. The average molecular weight is 207 g/mol. The molecule has 0 aliphatic heterocycles. The molecule has 1 saturated carbocycles. The molecule has 1 aliphatic rings. The predicted molar refractivity (Wildman–Crippen MR) is 58.8 cm³/mol. The van der Waals surface area contributed by atoms with E-state index in [2.05, 4.69) is 15.1 Å². The first-order valence-electron chi connectivity index (χ1n) is 5.33. The van der Waals surface area contributed by atoms with Crippen LogP contribution in [0.15, 0.2) is 12.3 Å². The van der Waals surface area contributed by atoms with Gasteiger partial charge in [0.15, 0.2) is 5.82 Å². The van der Waals surface area contributed by atoms with Gasteiger partial charge in [0.2, 0.25) is 0 Å². The molecule has 0 radical (unpaired) electrons. The zero-order chi connectivity index (χ0) is 10.8. The molecule has 1 heterocycles. The third kappa shape index (κ3) is 2.45. The quantitative estimate of drug-likeness (QED) is 0.803. The Labute approximate surface area is 89.9 Å². The minimum atomic E-state index is -0.0769. The minimum absolute atomic E-state index is 0.0769. The van der Waals surface area contributed by atoms with Gasteiger partial charge < -0.3 is 10.0 Å². The maximum atomic E-state index is 9.20. The molecule has 82 valence electrons. The van der Waals surface area contributed by atoms with E-state index in [1.54, 1.807) is 6.20 Å². The van der Waals surface area contributed by atoms with E-state index in [0.29, 0.717) is 5.92 Å². The maximum absolute atomic E-state index is 9.20. The number of aliphatic hydroxyl groups excluding tert-OH is 1. The van der Waals surface area contributed by atoms with Crippen LogP contribution in [-0.2, 0) is 0 Å². The maximum Gasteiger partial charge on any atom is 0.151 e. The summed E-state index contributed by atoms with van der Waals surface area (Å²) in [5.74, 6) is 1.52. The zero-order valence-electron chi connectivity index (χ0n) is 9.22. The molecule has 0 bridgehead atoms. The molecule has 1 fully saturated rings. The fourth-order valence-electron chi connectivity index (χ4n) is 1.97. The van der Waals surface area contributed by atoms with Crippen LogP contribution in [0.1, 0.15) is 18.4 Å². The van der Waals surface area contributed by atoms with E-state index >= 15 is 0 Å². The van der Waals surface area contributed by atoms with Crippen LogP contribution in [0.2, 0.25) is 0 Å². The SMILES string of the molecule is Cc1cnnc(N(C)CC2CC(O)C2)c1. The highest BCUT2D eigenvalue weighted by Crippen LogP contribution is 2.28. The summed E-state index contributed by atoms with van der Waals surface area (Å²) in [5, 5.41) is 17.2. The van der Waals surface area contributed by atoms with Gasteiger partial charge in [-0.2, -0.15) is 5.10 Å². The van der Waals surface area contributed by atoms with Gasteiger partial charge in [0.25, 0.3) is 0 Å². The molecule has 2 rings (SSSR count). The second-order valence-electron chi connectivity index (χ2n) is 4.46. The van der Waals surface area contributed by atoms with Crippen molar-refractivity contribution in [1.82, 2.24) is 10.2 Å². The van der Waals surface area contributed by atoms with Crippen molar-refractivity contribution in [2.45, 2.75) is 25.9 Å². The van der Waals surface area contributed by atoms with Crippen LogP contribution < -0.4 is 4.90 Å². The highest BCUT2D eigenvalue weighted by atomic mass is 16.3. The molecule has 1 N–H and O–H groups in total. The van der Waals surface area contributed by atoms with Gasteiger partial charge in [-0.25, -0.2) is 0 Å². The van der Waals surface area contributed by atoms with E-state index in [1.807, 2.05) is 20.0 Å². The summed E-state index contributed by atoms with van der Waals surface area (Å²) in [5.41, 5.74) is 1.13. The summed E-state index contributed by atoms with van der Waals surface area (Å²) in [7, 11) is 2.02. The summed E-state index contributed by atoms with van der Waals surface area (Å²) in [6, 6.07) is 2.03. The summed E-state index contributed by atoms with van der Waals surface area (Å²) < 4.78 is 0. The average Bonchev–Trinajstić information content (AvgIpc) is 2.15. The Bertz CT molecular complexity index is 336. The molecule has 1 aromatic rings. The molecule has 0 amide bonds. The van der Waals surface area contributed by atoms with Crippen LogP contribution in [0.4, 0.5) is 5.82 Å². The highest BCUT2D eigenvalue weighted by Gasteiger charge is 2.28. The summed E-state index contributed by atoms with van der Waals surface area (Å²) in [6.45, 7) is 2.97. The number of hydrogen-bond acceptors (Lipinski definition) is 4. The molecule has 1 aromatic heterocycles. The van der Waals surface area contributed by atoms with Gasteiger partial charge in [-0.15, -0.1) is 5.10 Å². The lowest BCUT2D eigenvalue weighted by Gasteiger charge is -2.34. The Kier molecular flexibility index (Phi) is 2.86. The van der Waals surface area contributed by atoms with Gasteiger partial charge in [-0.05, 0) is 37.3 Å². The van der Waals surface area contributed by atoms with Crippen molar-refractivity contribution in [1.29, 1.82) is 0 Å². The number of aromatic nitrogens is 2. The lowest BCUT2D eigenvalue weighted by Crippen LogP contribution is -2.37. The van der Waals surface area contributed by atoms with E-state index in [9.17, 15) is 5.11 Å². The number of rotatable bonds is 3. The van der Waals surface area contributed by atoms with Crippen molar-refractivity contribution >= 4 is 5.82 Å². The Morgan fingerprint density at radius 2 is 2.27 bits per heavy atom. The summed E-state index contributed by atoms with van der Waals surface area (Å²) in [4.78, 5) is 2.11. The molecule has 0 atom stereocenters. The first-order valence-corrected chi connectivity index (χ1v) is 5.33. The van der Waals surface area contributed by atoms with Crippen molar-refractivity contribution in [3.8, 4) is 0 Å². The predicted octanol–water partition coefficient (Wildman–Crippen LogP) is 0.992. The van der Waals surface area contributed by atoms with E-state index in [4.69, 9.17) is 0 Å². The van der Waals surface area contributed by atoms with Gasteiger partial charge in [0, 0.05) is 13.6 Å². The fraction of sp³-hybridized carbons (Fsp3) is 0.636. The summed E-state index contributed by atoms with van der Waals surface area (Å²) in [6.07, 6.45) is 3.52. The number of hydrogen-bond donors (Lipinski definition) is 1. The van der Waals surface area contributed by atoms with Gasteiger partial charge >= 0.3 is 0 Å². The standard InChI is InChI=1S/C11H17N3O/c1-8-3-11(13-12-6-8)14(2)7-9-4-10(15)5-9/h3,6,9-10,15H,4-5,7H2,1-2H3. The smallest absolute Gasteiger partial charge is 0.151 e.